The zero-order chi connectivity index (χ0) is 15.2. The molecular weight excluding hydrogens is 330 g/mol. The lowest BCUT2D eigenvalue weighted by Crippen LogP contribution is -2.42. The molecule has 2 aliphatic rings. The Labute approximate surface area is 134 Å². The maximum atomic E-state index is 12.9. The van der Waals surface area contributed by atoms with Crippen LogP contribution in [-0.4, -0.2) is 36.5 Å². The van der Waals surface area contributed by atoms with Gasteiger partial charge < -0.3 is 5.11 Å². The molecule has 0 spiro atoms. The van der Waals surface area contributed by atoms with Crippen LogP contribution in [0.1, 0.15) is 37.7 Å². The Balaban J connectivity index is 1.90. The van der Waals surface area contributed by atoms with Gasteiger partial charge in [0.05, 0.1) is 10.4 Å². The molecule has 0 bridgehead atoms. The summed E-state index contributed by atoms with van der Waals surface area (Å²) in [7, 11) is -3.49. The molecule has 1 aliphatic carbocycles. The van der Waals surface area contributed by atoms with Gasteiger partial charge in [0.15, 0.2) is 0 Å². The first-order chi connectivity index (χ1) is 9.91. The van der Waals surface area contributed by atoms with Crippen molar-refractivity contribution in [3.63, 3.8) is 0 Å². The van der Waals surface area contributed by atoms with Crippen molar-refractivity contribution < 1.29 is 13.5 Å². The molecule has 3 rings (SSSR count). The number of aliphatic hydroxyl groups excluding tert-OH is 1. The minimum Gasteiger partial charge on any atom is -0.393 e. The molecule has 1 aromatic rings. The average molecular weight is 350 g/mol. The molecule has 1 aliphatic heterocycles. The lowest BCUT2D eigenvalue weighted by Gasteiger charge is -2.30. The number of aliphatic hydroxyl groups is 1. The first-order valence-corrected chi connectivity index (χ1v) is 10.0. The van der Waals surface area contributed by atoms with E-state index in [1.807, 2.05) is 6.92 Å². The monoisotopic (exact) mass is 349 g/mol. The quantitative estimate of drug-likeness (QED) is 0.912. The molecule has 0 amide bonds. The molecule has 0 aromatic carbocycles. The van der Waals surface area contributed by atoms with Crippen molar-refractivity contribution in [2.45, 2.75) is 55.4 Å². The summed E-state index contributed by atoms with van der Waals surface area (Å²) < 4.78 is 28.2. The third-order valence-electron chi connectivity index (χ3n) is 4.67. The summed E-state index contributed by atoms with van der Waals surface area (Å²) in [6.07, 6.45) is 4.05. The van der Waals surface area contributed by atoms with Gasteiger partial charge in [0.2, 0.25) is 0 Å². The molecular formula is C14H20ClNO3S2. The second kappa shape index (κ2) is 5.81. The van der Waals surface area contributed by atoms with Gasteiger partial charge in [-0.05, 0) is 44.2 Å². The molecule has 4 nitrogen and oxygen atoms in total. The van der Waals surface area contributed by atoms with Gasteiger partial charge in [-0.1, -0.05) is 18.0 Å². The van der Waals surface area contributed by atoms with Crippen molar-refractivity contribution in [2.24, 2.45) is 5.92 Å². The molecule has 2 fully saturated rings. The van der Waals surface area contributed by atoms with E-state index >= 15 is 0 Å². The lowest BCUT2D eigenvalue weighted by atomic mass is 9.95. The summed E-state index contributed by atoms with van der Waals surface area (Å²) in [5.74, 6) is 0.0822. The summed E-state index contributed by atoms with van der Waals surface area (Å²) in [6.45, 7) is 2.37. The van der Waals surface area contributed by atoms with Gasteiger partial charge in [0.25, 0.3) is 10.0 Å². The number of hydrogen-bond acceptors (Lipinski definition) is 4. The van der Waals surface area contributed by atoms with Crippen molar-refractivity contribution >= 4 is 33.0 Å². The number of nitrogens with zero attached hydrogens (tertiary/aromatic N) is 1. The summed E-state index contributed by atoms with van der Waals surface area (Å²) >= 11 is 7.15. The van der Waals surface area contributed by atoms with Crippen LogP contribution in [0, 0.1) is 12.8 Å². The second-order valence-corrected chi connectivity index (χ2v) is 9.78. The van der Waals surface area contributed by atoms with Crippen molar-refractivity contribution in [1.82, 2.24) is 4.31 Å². The highest BCUT2D eigenvalue weighted by atomic mass is 35.5. The highest BCUT2D eigenvalue weighted by molar-refractivity contribution is 7.91. The van der Waals surface area contributed by atoms with Crippen LogP contribution in [0.2, 0.25) is 4.34 Å². The van der Waals surface area contributed by atoms with E-state index in [1.54, 1.807) is 10.4 Å². The smallest absolute Gasteiger partial charge is 0.252 e. The van der Waals surface area contributed by atoms with Crippen LogP contribution >= 0.6 is 22.9 Å². The number of aryl methyl sites for hydroxylation is 1. The molecule has 3 atom stereocenters. The molecule has 1 N–H and O–H groups in total. The first kappa shape index (κ1) is 15.7. The second-order valence-electron chi connectivity index (χ2n) is 6.01. The first-order valence-electron chi connectivity index (χ1n) is 7.37. The van der Waals surface area contributed by atoms with Gasteiger partial charge in [-0.2, -0.15) is 4.31 Å². The highest BCUT2D eigenvalue weighted by Gasteiger charge is 2.43. The standard InChI is InChI=1S/C14H20ClNO3S2/c1-9-8-13(20-14(9)15)21(18,19)16-7-3-5-11(16)10-4-2-6-12(10)17/h8,10-12,17H,2-7H2,1H3. The minimum absolute atomic E-state index is 0.0614. The fourth-order valence-electron chi connectivity index (χ4n) is 3.58. The van der Waals surface area contributed by atoms with E-state index in [-0.39, 0.29) is 18.1 Å². The van der Waals surface area contributed by atoms with Crippen LogP contribution in [0.25, 0.3) is 0 Å². The minimum atomic E-state index is -3.49. The SMILES string of the molecule is Cc1cc(S(=O)(=O)N2CCCC2C2CCCC2O)sc1Cl. The van der Waals surface area contributed by atoms with Crippen molar-refractivity contribution in [1.29, 1.82) is 0 Å². The fraction of sp³-hybridized carbons (Fsp3) is 0.714. The van der Waals surface area contributed by atoms with Crippen LogP contribution in [-0.2, 0) is 10.0 Å². The highest BCUT2D eigenvalue weighted by Crippen LogP contribution is 2.40. The van der Waals surface area contributed by atoms with Crippen molar-refractivity contribution in [3.8, 4) is 0 Å². The van der Waals surface area contributed by atoms with Gasteiger partial charge in [0.1, 0.15) is 4.21 Å². The molecule has 7 heteroatoms. The molecule has 2 heterocycles. The Morgan fingerprint density at radius 1 is 1.33 bits per heavy atom. The lowest BCUT2D eigenvalue weighted by molar-refractivity contribution is 0.0975. The van der Waals surface area contributed by atoms with Crippen LogP contribution in [0.4, 0.5) is 0 Å². The molecule has 3 unspecified atom stereocenters. The normalized spacial score (nSPS) is 31.1. The zero-order valence-electron chi connectivity index (χ0n) is 12.0. The number of thiophene rings is 1. The van der Waals surface area contributed by atoms with Crippen LogP contribution in [0.15, 0.2) is 10.3 Å². The van der Waals surface area contributed by atoms with Crippen LogP contribution in [0.3, 0.4) is 0 Å². The van der Waals surface area contributed by atoms with Crippen molar-refractivity contribution in [2.75, 3.05) is 6.54 Å². The number of sulfonamides is 1. The third-order valence-corrected chi connectivity index (χ3v) is 8.60. The van der Waals surface area contributed by atoms with Gasteiger partial charge in [-0.15, -0.1) is 11.3 Å². The predicted molar refractivity (Wildman–Crippen MR) is 84.3 cm³/mol. The number of rotatable bonds is 3. The van der Waals surface area contributed by atoms with E-state index in [1.165, 1.54) is 0 Å². The maximum Gasteiger partial charge on any atom is 0.252 e. The molecule has 118 valence electrons. The van der Waals surface area contributed by atoms with Crippen molar-refractivity contribution in [3.05, 3.63) is 16.0 Å². The fourth-order valence-corrected chi connectivity index (χ4v) is 7.16. The number of hydrogen-bond donors (Lipinski definition) is 1. The van der Waals surface area contributed by atoms with E-state index < -0.39 is 10.0 Å². The summed E-state index contributed by atoms with van der Waals surface area (Å²) in [4.78, 5) is 0. The predicted octanol–water partition coefficient (Wildman–Crippen LogP) is 3.02. The van der Waals surface area contributed by atoms with Gasteiger partial charge in [-0.3, -0.25) is 0 Å². The average Bonchev–Trinajstić information content (AvgIpc) is 3.11. The van der Waals surface area contributed by atoms with E-state index in [9.17, 15) is 13.5 Å². The van der Waals surface area contributed by atoms with Gasteiger partial charge >= 0.3 is 0 Å². The van der Waals surface area contributed by atoms with E-state index in [4.69, 9.17) is 11.6 Å². The van der Waals surface area contributed by atoms with Gasteiger partial charge in [0, 0.05) is 18.5 Å². The number of halogens is 1. The van der Waals surface area contributed by atoms with Gasteiger partial charge in [-0.25, -0.2) is 8.42 Å². The van der Waals surface area contributed by atoms with Crippen LogP contribution in [0.5, 0.6) is 0 Å². The largest absolute Gasteiger partial charge is 0.393 e. The molecule has 1 aromatic heterocycles. The summed E-state index contributed by atoms with van der Waals surface area (Å²) in [5.41, 5.74) is 0.803. The van der Waals surface area contributed by atoms with E-state index in [2.05, 4.69) is 0 Å². The summed E-state index contributed by atoms with van der Waals surface area (Å²) in [5, 5.41) is 10.1. The van der Waals surface area contributed by atoms with E-state index in [0.29, 0.717) is 15.1 Å². The van der Waals surface area contributed by atoms with Crippen LogP contribution < -0.4 is 0 Å². The zero-order valence-corrected chi connectivity index (χ0v) is 14.3. The molecule has 21 heavy (non-hydrogen) atoms. The Bertz CT molecular complexity index is 609. The topological polar surface area (TPSA) is 57.6 Å². The molecule has 1 saturated carbocycles. The molecule has 1 saturated heterocycles. The summed E-state index contributed by atoms with van der Waals surface area (Å²) in [6, 6.07) is 1.59. The Morgan fingerprint density at radius 3 is 2.67 bits per heavy atom. The Morgan fingerprint density at radius 2 is 2.10 bits per heavy atom. The Hall–Kier alpha value is -0.140. The Kier molecular flexibility index (Phi) is 4.36. The molecule has 0 radical (unpaired) electrons. The maximum absolute atomic E-state index is 12.9. The third kappa shape index (κ3) is 2.77. The van der Waals surface area contributed by atoms with E-state index in [0.717, 1.165) is 49.0 Å².